The number of benzene rings is 1. The average Bonchev–Trinajstić information content (AvgIpc) is 2.79. The Kier molecular flexibility index (Phi) is 3.97. The van der Waals surface area contributed by atoms with Gasteiger partial charge in [-0.15, -0.1) is 0 Å². The maximum atomic E-state index is 13.1. The highest BCUT2D eigenvalue weighted by atomic mass is 19.1. The molecule has 2 rings (SSSR count). The summed E-state index contributed by atoms with van der Waals surface area (Å²) in [5, 5.41) is 0. The quantitative estimate of drug-likeness (QED) is 0.811. The first-order chi connectivity index (χ1) is 8.70. The highest BCUT2D eigenvalue weighted by Gasteiger charge is 2.04. The molecule has 1 heterocycles. The molecule has 2 aromatic rings. The molecule has 0 atom stereocenters. The second-order valence-corrected chi connectivity index (χ2v) is 4.28. The Morgan fingerprint density at radius 3 is 2.94 bits per heavy atom. The minimum atomic E-state index is -0.210. The Morgan fingerprint density at radius 2 is 2.22 bits per heavy atom. The molecule has 0 unspecified atom stereocenters. The van der Waals surface area contributed by atoms with Gasteiger partial charge in [0.2, 0.25) is 0 Å². The van der Waals surface area contributed by atoms with Gasteiger partial charge in [0.05, 0.1) is 18.2 Å². The smallest absolute Gasteiger partial charge is 0.130 e. The molecule has 0 saturated heterocycles. The number of halogens is 1. The Labute approximate surface area is 106 Å². The molecule has 0 N–H and O–H groups in total. The van der Waals surface area contributed by atoms with Gasteiger partial charge in [0.25, 0.3) is 0 Å². The van der Waals surface area contributed by atoms with E-state index in [4.69, 9.17) is 4.74 Å². The zero-order valence-electron chi connectivity index (χ0n) is 10.7. The monoisotopic (exact) mass is 248 g/mol. The minimum Gasteiger partial charge on any atom is -0.487 e. The van der Waals surface area contributed by atoms with Crippen LogP contribution in [0.3, 0.4) is 0 Å². The first-order valence-electron chi connectivity index (χ1n) is 6.08. The number of aromatic nitrogens is 2. The third-order valence-corrected chi connectivity index (χ3v) is 2.78. The van der Waals surface area contributed by atoms with Crippen molar-refractivity contribution in [2.45, 2.75) is 33.4 Å². The van der Waals surface area contributed by atoms with E-state index in [9.17, 15) is 4.39 Å². The lowest BCUT2D eigenvalue weighted by Gasteiger charge is -2.09. The number of hydrogen-bond donors (Lipinski definition) is 0. The zero-order chi connectivity index (χ0) is 13.0. The van der Waals surface area contributed by atoms with Crippen LogP contribution in [-0.2, 0) is 13.2 Å². The Bertz CT molecular complexity index is 522. The van der Waals surface area contributed by atoms with Crippen LogP contribution in [0.1, 0.15) is 24.6 Å². The Morgan fingerprint density at radius 1 is 1.39 bits per heavy atom. The molecular formula is C14H17FN2O. The van der Waals surface area contributed by atoms with Gasteiger partial charge in [-0.1, -0.05) is 6.92 Å². The average molecular weight is 248 g/mol. The summed E-state index contributed by atoms with van der Waals surface area (Å²) in [6, 6.07) is 4.77. The summed E-state index contributed by atoms with van der Waals surface area (Å²) in [5.41, 5.74) is 1.62. The third-order valence-electron chi connectivity index (χ3n) is 2.78. The molecule has 0 aliphatic carbocycles. The van der Waals surface area contributed by atoms with E-state index in [2.05, 4.69) is 16.5 Å². The van der Waals surface area contributed by atoms with Crippen LogP contribution in [0.2, 0.25) is 0 Å². The van der Waals surface area contributed by atoms with Crippen molar-refractivity contribution in [2.75, 3.05) is 0 Å². The SMILES string of the molecule is CCCn1cncc1COc1ccc(F)c(C)c1. The highest BCUT2D eigenvalue weighted by molar-refractivity contribution is 5.28. The summed E-state index contributed by atoms with van der Waals surface area (Å²) in [6.45, 7) is 5.23. The van der Waals surface area contributed by atoms with E-state index in [1.165, 1.54) is 6.07 Å². The van der Waals surface area contributed by atoms with Crippen LogP contribution in [0, 0.1) is 12.7 Å². The summed E-state index contributed by atoms with van der Waals surface area (Å²) >= 11 is 0. The first kappa shape index (κ1) is 12.6. The molecule has 0 amide bonds. The maximum absolute atomic E-state index is 13.1. The molecular weight excluding hydrogens is 231 g/mol. The van der Waals surface area contributed by atoms with E-state index in [0.717, 1.165) is 18.7 Å². The molecule has 1 aromatic heterocycles. The van der Waals surface area contributed by atoms with E-state index in [-0.39, 0.29) is 5.82 Å². The molecule has 0 saturated carbocycles. The van der Waals surface area contributed by atoms with Crippen molar-refractivity contribution in [3.05, 3.63) is 47.8 Å². The van der Waals surface area contributed by atoms with Gasteiger partial charge in [-0.25, -0.2) is 9.37 Å². The van der Waals surface area contributed by atoms with E-state index in [1.54, 1.807) is 31.6 Å². The van der Waals surface area contributed by atoms with Crippen LogP contribution in [-0.4, -0.2) is 9.55 Å². The normalized spacial score (nSPS) is 10.6. The Hall–Kier alpha value is -1.84. The predicted molar refractivity (Wildman–Crippen MR) is 68.0 cm³/mol. The standard InChI is InChI=1S/C14H17FN2O/c1-3-6-17-10-16-8-12(17)9-18-13-4-5-14(15)11(2)7-13/h4-5,7-8,10H,3,6,9H2,1-2H3. The molecule has 1 aromatic carbocycles. The van der Waals surface area contributed by atoms with Gasteiger partial charge in [0, 0.05) is 6.54 Å². The summed E-state index contributed by atoms with van der Waals surface area (Å²) < 4.78 is 20.8. The zero-order valence-corrected chi connectivity index (χ0v) is 10.7. The summed E-state index contributed by atoms with van der Waals surface area (Å²) in [6.07, 6.45) is 4.66. The fourth-order valence-corrected chi connectivity index (χ4v) is 1.77. The molecule has 96 valence electrons. The number of aryl methyl sites for hydroxylation is 2. The highest BCUT2D eigenvalue weighted by Crippen LogP contribution is 2.17. The molecule has 0 fully saturated rings. The first-order valence-corrected chi connectivity index (χ1v) is 6.08. The van der Waals surface area contributed by atoms with Crippen molar-refractivity contribution in [3.8, 4) is 5.75 Å². The van der Waals surface area contributed by atoms with Crippen LogP contribution < -0.4 is 4.74 Å². The van der Waals surface area contributed by atoms with Crippen LogP contribution in [0.5, 0.6) is 5.75 Å². The number of imidazole rings is 1. The lowest BCUT2D eigenvalue weighted by Crippen LogP contribution is -2.05. The van der Waals surface area contributed by atoms with Crippen molar-refractivity contribution in [2.24, 2.45) is 0 Å². The van der Waals surface area contributed by atoms with Gasteiger partial charge >= 0.3 is 0 Å². The number of nitrogens with zero attached hydrogens (tertiary/aromatic N) is 2. The Balaban J connectivity index is 2.02. The van der Waals surface area contributed by atoms with Gasteiger partial charge in [-0.2, -0.15) is 0 Å². The van der Waals surface area contributed by atoms with Crippen molar-refractivity contribution >= 4 is 0 Å². The fourth-order valence-electron chi connectivity index (χ4n) is 1.77. The molecule has 4 heteroatoms. The van der Waals surface area contributed by atoms with Gasteiger partial charge in [-0.3, -0.25) is 0 Å². The molecule has 18 heavy (non-hydrogen) atoms. The second-order valence-electron chi connectivity index (χ2n) is 4.28. The van der Waals surface area contributed by atoms with E-state index < -0.39 is 0 Å². The van der Waals surface area contributed by atoms with E-state index in [1.807, 2.05) is 0 Å². The second kappa shape index (κ2) is 5.67. The van der Waals surface area contributed by atoms with Crippen molar-refractivity contribution in [1.29, 1.82) is 0 Å². The maximum Gasteiger partial charge on any atom is 0.130 e. The largest absolute Gasteiger partial charge is 0.487 e. The number of rotatable bonds is 5. The molecule has 3 nitrogen and oxygen atoms in total. The van der Waals surface area contributed by atoms with Gasteiger partial charge in [0.15, 0.2) is 0 Å². The van der Waals surface area contributed by atoms with Gasteiger partial charge in [0.1, 0.15) is 18.2 Å². The molecule has 0 aliphatic heterocycles. The van der Waals surface area contributed by atoms with Crippen molar-refractivity contribution < 1.29 is 9.13 Å². The molecule has 0 aliphatic rings. The molecule has 0 bridgehead atoms. The van der Waals surface area contributed by atoms with Crippen LogP contribution >= 0.6 is 0 Å². The topological polar surface area (TPSA) is 27.1 Å². The van der Waals surface area contributed by atoms with E-state index >= 15 is 0 Å². The third kappa shape index (κ3) is 2.88. The van der Waals surface area contributed by atoms with Crippen molar-refractivity contribution in [1.82, 2.24) is 9.55 Å². The summed E-state index contributed by atoms with van der Waals surface area (Å²) in [5.74, 6) is 0.469. The summed E-state index contributed by atoms with van der Waals surface area (Å²) in [7, 11) is 0. The number of ether oxygens (including phenoxy) is 1. The minimum absolute atomic E-state index is 0.210. The van der Waals surface area contributed by atoms with Crippen molar-refractivity contribution in [3.63, 3.8) is 0 Å². The van der Waals surface area contributed by atoms with Gasteiger partial charge in [-0.05, 0) is 37.1 Å². The summed E-state index contributed by atoms with van der Waals surface area (Å²) in [4.78, 5) is 4.11. The fraction of sp³-hybridized carbons (Fsp3) is 0.357. The molecule has 0 spiro atoms. The van der Waals surface area contributed by atoms with Crippen LogP contribution in [0.4, 0.5) is 4.39 Å². The lowest BCUT2D eigenvalue weighted by atomic mass is 10.2. The predicted octanol–water partition coefficient (Wildman–Crippen LogP) is 3.32. The van der Waals surface area contributed by atoms with E-state index in [0.29, 0.717) is 17.9 Å². The number of hydrogen-bond acceptors (Lipinski definition) is 2. The van der Waals surface area contributed by atoms with Crippen LogP contribution in [0.15, 0.2) is 30.7 Å². The van der Waals surface area contributed by atoms with Crippen LogP contribution in [0.25, 0.3) is 0 Å². The lowest BCUT2D eigenvalue weighted by molar-refractivity contribution is 0.294. The molecule has 0 radical (unpaired) electrons. The van der Waals surface area contributed by atoms with Gasteiger partial charge < -0.3 is 9.30 Å².